The summed E-state index contributed by atoms with van der Waals surface area (Å²) >= 11 is 6.05. The van der Waals surface area contributed by atoms with Crippen LogP contribution in [0.3, 0.4) is 0 Å². The summed E-state index contributed by atoms with van der Waals surface area (Å²) in [6.45, 7) is 0. The van der Waals surface area contributed by atoms with E-state index in [0.717, 1.165) is 16.7 Å². The van der Waals surface area contributed by atoms with E-state index in [9.17, 15) is 4.79 Å². The second kappa shape index (κ2) is 7.52. The van der Waals surface area contributed by atoms with Gasteiger partial charge in [0.2, 0.25) is 0 Å². The van der Waals surface area contributed by atoms with E-state index in [4.69, 9.17) is 11.6 Å². The monoisotopic (exact) mass is 298 g/mol. The van der Waals surface area contributed by atoms with Crippen LogP contribution < -0.4 is 0 Å². The van der Waals surface area contributed by atoms with Gasteiger partial charge in [-0.1, -0.05) is 47.7 Å². The Labute approximate surface area is 129 Å². The van der Waals surface area contributed by atoms with E-state index in [1.165, 1.54) is 7.11 Å². The number of hydrogen-bond acceptors (Lipinski definition) is 2. The second-order valence-corrected chi connectivity index (χ2v) is 4.91. The molecule has 0 fully saturated rings. The van der Waals surface area contributed by atoms with Crippen molar-refractivity contribution in [3.63, 3.8) is 0 Å². The van der Waals surface area contributed by atoms with Crippen molar-refractivity contribution in [3.05, 3.63) is 70.2 Å². The van der Waals surface area contributed by atoms with Gasteiger partial charge in [0.25, 0.3) is 0 Å². The van der Waals surface area contributed by atoms with Crippen molar-refractivity contribution in [2.45, 2.75) is 12.8 Å². The van der Waals surface area contributed by atoms with Gasteiger partial charge in [-0.2, -0.15) is 0 Å². The van der Waals surface area contributed by atoms with Gasteiger partial charge < -0.3 is 4.74 Å². The molecule has 0 saturated heterocycles. The molecular weight excluding hydrogens is 284 g/mol. The van der Waals surface area contributed by atoms with Gasteiger partial charge in [-0.15, -0.1) is 0 Å². The van der Waals surface area contributed by atoms with E-state index < -0.39 is 0 Å². The van der Waals surface area contributed by atoms with Gasteiger partial charge in [-0.25, -0.2) is 0 Å². The van der Waals surface area contributed by atoms with E-state index in [2.05, 4.69) is 16.6 Å². The molecule has 3 heteroatoms. The molecule has 2 rings (SSSR count). The maximum Gasteiger partial charge on any atom is 0.305 e. The lowest BCUT2D eigenvalue weighted by Crippen LogP contribution is -2.01. The molecule has 0 aliphatic carbocycles. The fourth-order valence-electron chi connectivity index (χ4n) is 1.81. The van der Waals surface area contributed by atoms with Crippen LogP contribution in [-0.2, 0) is 16.0 Å². The first kappa shape index (κ1) is 15.2. The number of ether oxygens (including phenoxy) is 1. The number of methoxy groups -OCH3 is 1. The number of carbonyl (C=O) groups is 1. The lowest BCUT2D eigenvalue weighted by atomic mass is 10.1. The standard InChI is InChI=1S/C18H15ClO2/c1-21-18(20)13-11-15-8-6-14(7-9-15)10-12-16-4-2-3-5-17(16)19/h2-9H,11,13H2,1H3. The lowest BCUT2D eigenvalue weighted by Gasteiger charge is -2.00. The SMILES string of the molecule is COC(=O)CCc1ccc(C#Cc2ccccc2Cl)cc1. The van der Waals surface area contributed by atoms with Gasteiger partial charge in [0.05, 0.1) is 12.1 Å². The molecule has 2 aromatic rings. The Morgan fingerprint density at radius 2 is 1.81 bits per heavy atom. The van der Waals surface area contributed by atoms with Crippen LogP contribution in [0.2, 0.25) is 5.02 Å². The molecule has 0 atom stereocenters. The summed E-state index contributed by atoms with van der Waals surface area (Å²) in [5.41, 5.74) is 2.81. The number of aryl methyl sites for hydroxylation is 1. The molecule has 2 nitrogen and oxygen atoms in total. The molecule has 2 aromatic carbocycles. The lowest BCUT2D eigenvalue weighted by molar-refractivity contribution is -0.140. The predicted molar refractivity (Wildman–Crippen MR) is 84.2 cm³/mol. The normalized spacial score (nSPS) is 9.62. The number of esters is 1. The zero-order chi connectivity index (χ0) is 15.1. The van der Waals surface area contributed by atoms with Crippen LogP contribution in [0.4, 0.5) is 0 Å². The van der Waals surface area contributed by atoms with Crippen molar-refractivity contribution in [1.29, 1.82) is 0 Å². The minimum absolute atomic E-state index is 0.197. The summed E-state index contributed by atoms with van der Waals surface area (Å²) in [4.78, 5) is 11.1. The molecular formula is C18H15ClO2. The number of carbonyl (C=O) groups excluding carboxylic acids is 1. The van der Waals surface area contributed by atoms with Crippen LogP contribution in [0, 0.1) is 11.8 Å². The van der Waals surface area contributed by atoms with Gasteiger partial charge in [0.1, 0.15) is 0 Å². The Kier molecular flexibility index (Phi) is 5.43. The van der Waals surface area contributed by atoms with Crippen LogP contribution in [0.25, 0.3) is 0 Å². The maximum absolute atomic E-state index is 11.1. The second-order valence-electron chi connectivity index (χ2n) is 4.50. The molecule has 0 spiro atoms. The smallest absolute Gasteiger partial charge is 0.305 e. The van der Waals surface area contributed by atoms with E-state index in [0.29, 0.717) is 17.9 Å². The number of hydrogen-bond donors (Lipinski definition) is 0. The largest absolute Gasteiger partial charge is 0.469 e. The molecule has 0 unspecified atom stereocenters. The highest BCUT2D eigenvalue weighted by atomic mass is 35.5. The summed E-state index contributed by atoms with van der Waals surface area (Å²) in [6.07, 6.45) is 1.06. The Morgan fingerprint density at radius 1 is 1.10 bits per heavy atom. The van der Waals surface area contributed by atoms with Crippen LogP contribution in [0.5, 0.6) is 0 Å². The first-order valence-electron chi connectivity index (χ1n) is 6.61. The van der Waals surface area contributed by atoms with Gasteiger partial charge in [-0.05, 0) is 36.2 Å². The maximum atomic E-state index is 11.1. The molecule has 21 heavy (non-hydrogen) atoms. The minimum Gasteiger partial charge on any atom is -0.469 e. The van der Waals surface area contributed by atoms with Crippen LogP contribution >= 0.6 is 11.6 Å². The molecule has 0 amide bonds. The van der Waals surface area contributed by atoms with E-state index in [-0.39, 0.29) is 5.97 Å². The Hall–Kier alpha value is -2.24. The Balaban J connectivity index is 2.03. The number of benzene rings is 2. The molecule has 0 aromatic heterocycles. The van der Waals surface area contributed by atoms with E-state index >= 15 is 0 Å². The van der Waals surface area contributed by atoms with Gasteiger partial charge >= 0.3 is 5.97 Å². The van der Waals surface area contributed by atoms with Crippen molar-refractivity contribution in [2.24, 2.45) is 0 Å². The predicted octanol–water partition coefficient (Wildman–Crippen LogP) is 3.85. The molecule has 0 aliphatic rings. The molecule has 106 valence electrons. The Bertz CT molecular complexity index is 678. The van der Waals surface area contributed by atoms with Gasteiger partial charge in [-0.3, -0.25) is 4.79 Å². The number of rotatable bonds is 3. The van der Waals surface area contributed by atoms with Crippen molar-refractivity contribution in [1.82, 2.24) is 0 Å². The van der Waals surface area contributed by atoms with E-state index in [1.54, 1.807) is 0 Å². The highest BCUT2D eigenvalue weighted by molar-refractivity contribution is 6.31. The quantitative estimate of drug-likeness (QED) is 0.635. The zero-order valence-electron chi connectivity index (χ0n) is 11.7. The average Bonchev–Trinajstić information content (AvgIpc) is 2.53. The molecule has 0 aliphatic heterocycles. The van der Waals surface area contributed by atoms with Gasteiger partial charge in [0.15, 0.2) is 0 Å². The summed E-state index contributed by atoms with van der Waals surface area (Å²) in [5.74, 6) is 5.93. The van der Waals surface area contributed by atoms with E-state index in [1.807, 2.05) is 48.5 Å². The topological polar surface area (TPSA) is 26.3 Å². The average molecular weight is 299 g/mol. The molecule has 0 radical (unpaired) electrons. The molecule has 0 N–H and O–H groups in total. The highest BCUT2D eigenvalue weighted by Crippen LogP contribution is 2.13. The van der Waals surface area contributed by atoms with Crippen LogP contribution in [-0.4, -0.2) is 13.1 Å². The minimum atomic E-state index is -0.197. The molecule has 0 heterocycles. The zero-order valence-corrected chi connectivity index (χ0v) is 12.5. The third-order valence-electron chi connectivity index (χ3n) is 3.01. The summed E-state index contributed by atoms with van der Waals surface area (Å²) in [6, 6.07) is 15.3. The van der Waals surface area contributed by atoms with Gasteiger partial charge in [0, 0.05) is 17.5 Å². The first-order chi connectivity index (χ1) is 10.2. The van der Waals surface area contributed by atoms with Crippen molar-refractivity contribution in [3.8, 4) is 11.8 Å². The first-order valence-corrected chi connectivity index (χ1v) is 6.99. The Morgan fingerprint density at radius 3 is 2.48 bits per heavy atom. The van der Waals surface area contributed by atoms with Crippen molar-refractivity contribution in [2.75, 3.05) is 7.11 Å². The number of halogens is 1. The van der Waals surface area contributed by atoms with Crippen LogP contribution in [0.15, 0.2) is 48.5 Å². The third kappa shape index (κ3) is 4.66. The van der Waals surface area contributed by atoms with Crippen molar-refractivity contribution >= 4 is 17.6 Å². The fourth-order valence-corrected chi connectivity index (χ4v) is 1.99. The molecule has 0 bridgehead atoms. The fraction of sp³-hybridized carbons (Fsp3) is 0.167. The molecule has 0 saturated carbocycles. The summed E-state index contributed by atoms with van der Waals surface area (Å²) in [5, 5.41) is 0.652. The summed E-state index contributed by atoms with van der Waals surface area (Å²) < 4.78 is 4.62. The summed E-state index contributed by atoms with van der Waals surface area (Å²) in [7, 11) is 1.40. The van der Waals surface area contributed by atoms with Crippen LogP contribution in [0.1, 0.15) is 23.1 Å². The van der Waals surface area contributed by atoms with Crippen molar-refractivity contribution < 1.29 is 9.53 Å². The highest BCUT2D eigenvalue weighted by Gasteiger charge is 2.01. The third-order valence-corrected chi connectivity index (χ3v) is 3.34.